The van der Waals surface area contributed by atoms with Crippen LogP contribution in [0.1, 0.15) is 24.1 Å². The molecule has 2 heterocycles. The van der Waals surface area contributed by atoms with E-state index in [9.17, 15) is 0 Å². The monoisotopic (exact) mass is 302 g/mol. The normalized spacial score (nSPS) is 18.8. The van der Waals surface area contributed by atoms with Crippen molar-refractivity contribution < 1.29 is 4.74 Å². The Morgan fingerprint density at radius 3 is 2.95 bits per heavy atom. The van der Waals surface area contributed by atoms with Gasteiger partial charge in [0.25, 0.3) is 0 Å². The van der Waals surface area contributed by atoms with E-state index in [-0.39, 0.29) is 0 Å². The summed E-state index contributed by atoms with van der Waals surface area (Å²) in [5.41, 5.74) is 3.62. The van der Waals surface area contributed by atoms with Crippen LogP contribution in [0.5, 0.6) is 0 Å². The molecule has 1 unspecified atom stereocenters. The lowest BCUT2D eigenvalue weighted by Gasteiger charge is -2.22. The molecule has 3 rings (SSSR count). The Labute approximate surface area is 130 Å². The third kappa shape index (κ3) is 4.13. The molecule has 1 N–H and O–H groups in total. The molecule has 0 bridgehead atoms. The van der Waals surface area contributed by atoms with Gasteiger partial charge in [-0.1, -0.05) is 29.8 Å². The van der Waals surface area contributed by atoms with Crippen LogP contribution in [0.2, 0.25) is 0 Å². The van der Waals surface area contributed by atoms with Gasteiger partial charge in [-0.3, -0.25) is 0 Å². The Balaban J connectivity index is 1.51. The second kappa shape index (κ2) is 7.16. The predicted molar refractivity (Wildman–Crippen MR) is 87.5 cm³/mol. The average molecular weight is 302 g/mol. The lowest BCUT2D eigenvalue weighted by Crippen LogP contribution is -2.28. The van der Waals surface area contributed by atoms with Gasteiger partial charge < -0.3 is 10.1 Å². The Bertz CT molecular complexity index is 558. The summed E-state index contributed by atoms with van der Waals surface area (Å²) >= 11 is 1.72. The molecule has 1 atom stereocenters. The van der Waals surface area contributed by atoms with Gasteiger partial charge in [0.2, 0.25) is 0 Å². The summed E-state index contributed by atoms with van der Waals surface area (Å²) in [6.07, 6.45) is 2.47. The van der Waals surface area contributed by atoms with Crippen LogP contribution in [-0.2, 0) is 11.3 Å². The van der Waals surface area contributed by atoms with Gasteiger partial charge in [0.1, 0.15) is 5.01 Å². The van der Waals surface area contributed by atoms with Crippen LogP contribution < -0.4 is 5.32 Å². The van der Waals surface area contributed by atoms with E-state index in [0.29, 0.717) is 5.92 Å². The lowest BCUT2D eigenvalue weighted by atomic mass is 10.0. The minimum Gasteiger partial charge on any atom is -0.381 e. The highest BCUT2D eigenvalue weighted by atomic mass is 32.1. The minimum atomic E-state index is 0.661. The zero-order chi connectivity index (χ0) is 14.5. The molecule has 1 saturated heterocycles. The van der Waals surface area contributed by atoms with Gasteiger partial charge in [0.15, 0.2) is 0 Å². The van der Waals surface area contributed by atoms with Crippen LogP contribution in [0.4, 0.5) is 0 Å². The highest BCUT2D eigenvalue weighted by Crippen LogP contribution is 2.24. The quantitative estimate of drug-likeness (QED) is 0.915. The van der Waals surface area contributed by atoms with Crippen LogP contribution in [0.25, 0.3) is 10.6 Å². The van der Waals surface area contributed by atoms with Gasteiger partial charge in [0.05, 0.1) is 12.3 Å². The molecule has 0 saturated carbocycles. The van der Waals surface area contributed by atoms with Crippen molar-refractivity contribution in [2.45, 2.75) is 26.3 Å². The molecule has 1 aromatic carbocycles. The van der Waals surface area contributed by atoms with Crippen LogP contribution in [0.15, 0.2) is 29.6 Å². The van der Waals surface area contributed by atoms with E-state index >= 15 is 0 Å². The molecule has 0 spiro atoms. The maximum Gasteiger partial charge on any atom is 0.123 e. The zero-order valence-electron chi connectivity index (χ0n) is 12.5. The smallest absolute Gasteiger partial charge is 0.123 e. The first-order valence-electron chi connectivity index (χ1n) is 7.61. The number of aryl methyl sites for hydroxylation is 1. The molecular formula is C17H22N2OS. The fraction of sp³-hybridized carbons (Fsp3) is 0.471. The molecule has 21 heavy (non-hydrogen) atoms. The lowest BCUT2D eigenvalue weighted by molar-refractivity contribution is 0.0547. The summed E-state index contributed by atoms with van der Waals surface area (Å²) in [4.78, 5) is 4.72. The average Bonchev–Trinajstić information content (AvgIpc) is 2.98. The molecule has 1 aromatic heterocycles. The van der Waals surface area contributed by atoms with Gasteiger partial charge in [-0.15, -0.1) is 11.3 Å². The molecule has 0 amide bonds. The van der Waals surface area contributed by atoms with Crippen molar-refractivity contribution in [3.63, 3.8) is 0 Å². The highest BCUT2D eigenvalue weighted by Gasteiger charge is 2.13. The number of benzene rings is 1. The molecular weight excluding hydrogens is 280 g/mol. The second-order valence-corrected chi connectivity index (χ2v) is 6.58. The van der Waals surface area contributed by atoms with Gasteiger partial charge in [-0.05, 0) is 25.7 Å². The third-order valence-corrected chi connectivity index (χ3v) is 4.78. The summed E-state index contributed by atoms with van der Waals surface area (Å²) in [5, 5.41) is 6.77. The SMILES string of the molecule is Cc1ccc(-c2nc(CNCC3CCCOC3)cs2)cc1. The number of hydrogen-bond acceptors (Lipinski definition) is 4. The van der Waals surface area contributed by atoms with E-state index in [0.717, 1.165) is 37.0 Å². The van der Waals surface area contributed by atoms with Crippen LogP contribution >= 0.6 is 11.3 Å². The molecule has 1 fully saturated rings. The fourth-order valence-corrected chi connectivity index (χ4v) is 3.42. The van der Waals surface area contributed by atoms with Gasteiger partial charge in [0, 0.05) is 30.6 Å². The molecule has 112 valence electrons. The first-order valence-corrected chi connectivity index (χ1v) is 8.49. The number of nitrogens with one attached hydrogen (secondary N) is 1. The Morgan fingerprint density at radius 1 is 1.33 bits per heavy atom. The number of thiazole rings is 1. The van der Waals surface area contributed by atoms with E-state index in [1.807, 2.05) is 0 Å². The largest absolute Gasteiger partial charge is 0.381 e. The van der Waals surface area contributed by atoms with Crippen molar-refractivity contribution >= 4 is 11.3 Å². The molecule has 0 radical (unpaired) electrons. The maximum absolute atomic E-state index is 5.50. The summed E-state index contributed by atoms with van der Waals surface area (Å²) in [6, 6.07) is 8.56. The topological polar surface area (TPSA) is 34.2 Å². The van der Waals surface area contributed by atoms with Crippen molar-refractivity contribution in [2.24, 2.45) is 5.92 Å². The predicted octanol–water partition coefficient (Wildman–Crippen LogP) is 3.63. The molecule has 0 aliphatic carbocycles. The first kappa shape index (κ1) is 14.7. The number of aromatic nitrogens is 1. The zero-order valence-corrected chi connectivity index (χ0v) is 13.3. The Hall–Kier alpha value is -1.23. The fourth-order valence-electron chi connectivity index (χ4n) is 2.59. The molecule has 1 aliphatic heterocycles. The van der Waals surface area contributed by atoms with E-state index in [2.05, 4.69) is 41.9 Å². The van der Waals surface area contributed by atoms with Crippen LogP contribution in [0.3, 0.4) is 0 Å². The van der Waals surface area contributed by atoms with Crippen molar-refractivity contribution in [1.29, 1.82) is 0 Å². The Kier molecular flexibility index (Phi) is 5.01. The van der Waals surface area contributed by atoms with Gasteiger partial charge in [-0.25, -0.2) is 4.98 Å². The van der Waals surface area contributed by atoms with Crippen molar-refractivity contribution in [1.82, 2.24) is 10.3 Å². The summed E-state index contributed by atoms with van der Waals surface area (Å²) < 4.78 is 5.50. The van der Waals surface area contributed by atoms with E-state index in [1.54, 1.807) is 11.3 Å². The van der Waals surface area contributed by atoms with E-state index in [4.69, 9.17) is 9.72 Å². The van der Waals surface area contributed by atoms with Gasteiger partial charge in [-0.2, -0.15) is 0 Å². The van der Waals surface area contributed by atoms with Crippen LogP contribution in [-0.4, -0.2) is 24.7 Å². The second-order valence-electron chi connectivity index (χ2n) is 5.72. The minimum absolute atomic E-state index is 0.661. The maximum atomic E-state index is 5.50. The summed E-state index contributed by atoms with van der Waals surface area (Å²) in [5.74, 6) is 0.661. The summed E-state index contributed by atoms with van der Waals surface area (Å²) in [7, 11) is 0. The summed E-state index contributed by atoms with van der Waals surface area (Å²) in [6.45, 7) is 5.81. The first-order chi connectivity index (χ1) is 10.3. The number of nitrogens with zero attached hydrogens (tertiary/aromatic N) is 1. The number of ether oxygens (including phenoxy) is 1. The van der Waals surface area contributed by atoms with Crippen LogP contribution in [0, 0.1) is 12.8 Å². The number of hydrogen-bond donors (Lipinski definition) is 1. The molecule has 3 nitrogen and oxygen atoms in total. The van der Waals surface area contributed by atoms with Crippen molar-refractivity contribution in [3.8, 4) is 10.6 Å². The highest BCUT2D eigenvalue weighted by molar-refractivity contribution is 7.13. The molecule has 1 aliphatic rings. The third-order valence-electron chi connectivity index (χ3n) is 3.84. The molecule has 4 heteroatoms. The Morgan fingerprint density at radius 2 is 2.19 bits per heavy atom. The van der Waals surface area contributed by atoms with Gasteiger partial charge >= 0.3 is 0 Å². The number of rotatable bonds is 5. The van der Waals surface area contributed by atoms with E-state index in [1.165, 1.54) is 24.0 Å². The van der Waals surface area contributed by atoms with Crippen molar-refractivity contribution in [2.75, 3.05) is 19.8 Å². The standard InChI is InChI=1S/C17H22N2OS/c1-13-4-6-15(7-5-13)17-19-16(12-21-17)10-18-9-14-3-2-8-20-11-14/h4-7,12,14,18H,2-3,8-11H2,1H3. The van der Waals surface area contributed by atoms with Crippen molar-refractivity contribution in [3.05, 3.63) is 40.9 Å². The van der Waals surface area contributed by atoms with E-state index < -0.39 is 0 Å². The molecule has 2 aromatic rings.